The van der Waals surface area contributed by atoms with Crippen molar-refractivity contribution in [3.63, 3.8) is 0 Å². The van der Waals surface area contributed by atoms with Gasteiger partial charge in [-0.25, -0.2) is 4.39 Å². The number of piperidine rings is 1. The summed E-state index contributed by atoms with van der Waals surface area (Å²) in [7, 11) is 0. The van der Waals surface area contributed by atoms with Crippen molar-refractivity contribution in [3.05, 3.63) is 59.9 Å². The maximum atomic E-state index is 13.5. The maximum absolute atomic E-state index is 13.5. The normalized spacial score (nSPS) is 19.7. The monoisotopic (exact) mass is 410 g/mol. The molecule has 0 amide bonds. The molecule has 6 heteroatoms. The molecule has 2 aliphatic heterocycles. The summed E-state index contributed by atoms with van der Waals surface area (Å²) in [4.78, 5) is 7.15. The van der Waals surface area contributed by atoms with E-state index in [0.29, 0.717) is 12.0 Å². The first-order valence-electron chi connectivity index (χ1n) is 11.0. The Morgan fingerprint density at radius 2 is 1.97 bits per heavy atom. The molecule has 2 aromatic rings. The first kappa shape index (κ1) is 20.5. The highest BCUT2D eigenvalue weighted by Gasteiger charge is 2.23. The lowest BCUT2D eigenvalue weighted by Gasteiger charge is -2.34. The zero-order chi connectivity index (χ0) is 20.8. The molecule has 2 aliphatic rings. The van der Waals surface area contributed by atoms with Crippen molar-refractivity contribution < 1.29 is 9.13 Å². The van der Waals surface area contributed by atoms with E-state index in [0.717, 1.165) is 69.4 Å². The van der Waals surface area contributed by atoms with Gasteiger partial charge in [-0.3, -0.25) is 4.99 Å². The average molecular weight is 411 g/mol. The molecule has 4 rings (SSSR count). The lowest BCUT2D eigenvalue weighted by atomic mass is 9.93. The van der Waals surface area contributed by atoms with Gasteiger partial charge in [-0.2, -0.15) is 0 Å². The highest BCUT2D eigenvalue weighted by atomic mass is 19.1. The second-order valence-corrected chi connectivity index (χ2v) is 7.98. The molecule has 2 heterocycles. The Hall–Kier alpha value is -2.76. The summed E-state index contributed by atoms with van der Waals surface area (Å²) in [5.74, 6) is 2.08. The van der Waals surface area contributed by atoms with Crippen molar-refractivity contribution in [2.24, 2.45) is 4.99 Å². The third kappa shape index (κ3) is 5.04. The first-order valence-corrected chi connectivity index (χ1v) is 11.0. The molecular weight excluding hydrogens is 379 g/mol. The molecule has 0 spiro atoms. The van der Waals surface area contributed by atoms with Crippen LogP contribution in [0.3, 0.4) is 0 Å². The molecule has 0 bridgehead atoms. The molecule has 2 aromatic carbocycles. The van der Waals surface area contributed by atoms with Gasteiger partial charge in [0.25, 0.3) is 0 Å². The summed E-state index contributed by atoms with van der Waals surface area (Å²) in [5.41, 5.74) is 2.22. The predicted molar refractivity (Wildman–Crippen MR) is 120 cm³/mol. The van der Waals surface area contributed by atoms with Crippen LogP contribution in [0, 0.1) is 5.82 Å². The number of ether oxygens (including phenoxy) is 1. The Kier molecular flexibility index (Phi) is 6.72. The van der Waals surface area contributed by atoms with Crippen molar-refractivity contribution >= 4 is 11.6 Å². The molecule has 0 saturated carbocycles. The Morgan fingerprint density at radius 1 is 1.13 bits per heavy atom. The van der Waals surface area contributed by atoms with Crippen LogP contribution in [0.5, 0.6) is 5.75 Å². The summed E-state index contributed by atoms with van der Waals surface area (Å²) in [6.45, 7) is 6.24. The van der Waals surface area contributed by atoms with Gasteiger partial charge in [-0.15, -0.1) is 0 Å². The molecule has 1 unspecified atom stereocenters. The molecule has 2 N–H and O–H groups in total. The number of nitrogens with zero attached hydrogens (tertiary/aromatic N) is 2. The van der Waals surface area contributed by atoms with Crippen LogP contribution in [0.2, 0.25) is 0 Å². The Morgan fingerprint density at radius 3 is 2.77 bits per heavy atom. The number of anilines is 1. The van der Waals surface area contributed by atoms with Crippen LogP contribution in [-0.2, 0) is 0 Å². The number of benzene rings is 2. The van der Waals surface area contributed by atoms with Gasteiger partial charge >= 0.3 is 0 Å². The van der Waals surface area contributed by atoms with Crippen LogP contribution in [0.1, 0.15) is 37.7 Å². The zero-order valence-corrected chi connectivity index (χ0v) is 17.6. The van der Waals surface area contributed by atoms with Crippen LogP contribution in [-0.4, -0.2) is 44.8 Å². The van der Waals surface area contributed by atoms with Crippen LogP contribution in [0.4, 0.5) is 10.1 Å². The maximum Gasteiger partial charge on any atom is 0.191 e. The number of nitrogens with one attached hydrogen (secondary N) is 2. The lowest BCUT2D eigenvalue weighted by Crippen LogP contribution is -2.49. The molecule has 5 nitrogen and oxygen atoms in total. The smallest absolute Gasteiger partial charge is 0.191 e. The third-order valence-corrected chi connectivity index (χ3v) is 5.91. The van der Waals surface area contributed by atoms with E-state index in [9.17, 15) is 4.39 Å². The largest absolute Gasteiger partial charge is 0.493 e. The minimum Gasteiger partial charge on any atom is -0.493 e. The van der Waals surface area contributed by atoms with Crippen LogP contribution < -0.4 is 20.3 Å². The second kappa shape index (κ2) is 9.83. The number of hydrogen-bond donors (Lipinski definition) is 2. The van der Waals surface area contributed by atoms with Crippen molar-refractivity contribution in [2.45, 2.75) is 38.1 Å². The summed E-state index contributed by atoms with van der Waals surface area (Å²) < 4.78 is 19.3. The number of rotatable bonds is 5. The summed E-state index contributed by atoms with van der Waals surface area (Å²) in [5, 5.41) is 7.00. The van der Waals surface area contributed by atoms with Crippen molar-refractivity contribution in [1.82, 2.24) is 10.6 Å². The van der Waals surface area contributed by atoms with Crippen molar-refractivity contribution in [1.29, 1.82) is 0 Å². The minimum atomic E-state index is -0.177. The van der Waals surface area contributed by atoms with E-state index in [1.807, 2.05) is 18.2 Å². The van der Waals surface area contributed by atoms with Crippen molar-refractivity contribution in [3.8, 4) is 5.75 Å². The van der Waals surface area contributed by atoms with Gasteiger partial charge in [0.15, 0.2) is 5.96 Å². The van der Waals surface area contributed by atoms with Crippen molar-refractivity contribution in [2.75, 3.05) is 37.7 Å². The molecule has 30 heavy (non-hydrogen) atoms. The topological polar surface area (TPSA) is 48.9 Å². The van der Waals surface area contributed by atoms with Gasteiger partial charge in [-0.1, -0.05) is 24.3 Å². The minimum absolute atomic E-state index is 0.177. The van der Waals surface area contributed by atoms with Gasteiger partial charge in [0.1, 0.15) is 11.6 Å². The molecule has 0 radical (unpaired) electrons. The number of guanidine groups is 1. The number of halogens is 1. The molecular formula is C24H31FN4O. The molecule has 1 atom stereocenters. The molecule has 1 saturated heterocycles. The average Bonchev–Trinajstić information content (AvgIpc) is 2.78. The van der Waals surface area contributed by atoms with E-state index in [-0.39, 0.29) is 5.82 Å². The summed E-state index contributed by atoms with van der Waals surface area (Å²) in [6, 6.07) is 15.5. The summed E-state index contributed by atoms with van der Waals surface area (Å²) >= 11 is 0. The molecule has 1 fully saturated rings. The molecule has 160 valence electrons. The standard InChI is InChI=1S/C24H31FN4O/c1-2-26-24(27-17-18-12-15-30-23-9-4-3-8-22(18)23)28-20-10-13-29(14-11-20)21-7-5-6-19(25)16-21/h3-9,16,18,20H,2,10-15,17H2,1H3,(H2,26,27,28). The summed E-state index contributed by atoms with van der Waals surface area (Å²) in [6.07, 6.45) is 2.99. The van der Waals surface area contributed by atoms with Gasteiger partial charge < -0.3 is 20.3 Å². The van der Waals surface area contributed by atoms with E-state index >= 15 is 0 Å². The number of hydrogen-bond acceptors (Lipinski definition) is 3. The fourth-order valence-corrected chi connectivity index (χ4v) is 4.28. The fourth-order valence-electron chi connectivity index (χ4n) is 4.28. The zero-order valence-electron chi connectivity index (χ0n) is 17.6. The quantitative estimate of drug-likeness (QED) is 0.580. The third-order valence-electron chi connectivity index (χ3n) is 5.91. The Balaban J connectivity index is 1.34. The number of para-hydroxylation sites is 1. The Labute approximate surface area is 178 Å². The van der Waals surface area contributed by atoms with Gasteiger partial charge in [0.2, 0.25) is 0 Å². The van der Waals surface area contributed by atoms with E-state index in [1.54, 1.807) is 12.1 Å². The highest BCUT2D eigenvalue weighted by molar-refractivity contribution is 5.80. The fraction of sp³-hybridized carbons (Fsp3) is 0.458. The lowest BCUT2D eigenvalue weighted by molar-refractivity contribution is 0.269. The molecule has 0 aromatic heterocycles. The molecule has 0 aliphatic carbocycles. The number of aliphatic imine (C=N–C) groups is 1. The van der Waals surface area contributed by atoms with Crippen LogP contribution in [0.25, 0.3) is 0 Å². The van der Waals surface area contributed by atoms with Gasteiger partial charge in [-0.05, 0) is 56.0 Å². The van der Waals surface area contributed by atoms with Gasteiger partial charge in [0.05, 0.1) is 6.61 Å². The van der Waals surface area contributed by atoms with Gasteiger partial charge in [0, 0.05) is 43.8 Å². The van der Waals surface area contributed by atoms with Crippen LogP contribution in [0.15, 0.2) is 53.5 Å². The van der Waals surface area contributed by atoms with E-state index in [1.165, 1.54) is 11.6 Å². The second-order valence-electron chi connectivity index (χ2n) is 7.98. The highest BCUT2D eigenvalue weighted by Crippen LogP contribution is 2.33. The Bertz CT molecular complexity index is 864. The SMILES string of the molecule is CCNC(=NCC1CCOc2ccccc21)NC1CCN(c2cccc(F)c2)CC1. The van der Waals surface area contributed by atoms with Crippen LogP contribution >= 0.6 is 0 Å². The first-order chi connectivity index (χ1) is 14.7. The van der Waals surface area contributed by atoms with E-state index in [4.69, 9.17) is 9.73 Å². The predicted octanol–water partition coefficient (Wildman–Crippen LogP) is 3.92. The van der Waals surface area contributed by atoms with E-state index < -0.39 is 0 Å². The van der Waals surface area contributed by atoms with E-state index in [2.05, 4.69) is 34.6 Å². The number of fused-ring (bicyclic) bond motifs is 1.